The predicted molar refractivity (Wildman–Crippen MR) is 106 cm³/mol. The highest BCUT2D eigenvalue weighted by Crippen LogP contribution is 2.37. The summed E-state index contributed by atoms with van der Waals surface area (Å²) in [5.74, 6) is -0.237. The zero-order chi connectivity index (χ0) is 19.8. The molecule has 8 heteroatoms. The van der Waals surface area contributed by atoms with E-state index in [4.69, 9.17) is 0 Å². The Hall–Kier alpha value is -2.61. The molecule has 1 aromatic carbocycles. The summed E-state index contributed by atoms with van der Waals surface area (Å²) in [6.45, 7) is 4.26. The number of hydrogen-bond donors (Lipinski definition) is 2. The average molecular weight is 386 g/mol. The zero-order valence-corrected chi connectivity index (χ0v) is 16.5. The molecule has 4 rings (SSSR count). The molecule has 2 saturated heterocycles. The van der Waals surface area contributed by atoms with Crippen LogP contribution in [-0.4, -0.2) is 86.9 Å². The highest BCUT2D eigenvalue weighted by atomic mass is 16.2. The molecule has 150 valence electrons. The van der Waals surface area contributed by atoms with Crippen molar-refractivity contribution in [3.8, 4) is 0 Å². The molecule has 0 aromatic heterocycles. The minimum Gasteiger partial charge on any atom is -0.358 e. The minimum absolute atomic E-state index is 0.00433. The molecule has 3 amide bonds. The van der Waals surface area contributed by atoms with E-state index < -0.39 is 0 Å². The fraction of sp³-hybridized carbons (Fsp3) is 0.550. The van der Waals surface area contributed by atoms with E-state index in [1.807, 2.05) is 11.0 Å². The van der Waals surface area contributed by atoms with E-state index in [1.165, 1.54) is 9.80 Å². The summed E-state index contributed by atoms with van der Waals surface area (Å²) < 4.78 is 0. The monoisotopic (exact) mass is 386 g/mol. The van der Waals surface area contributed by atoms with Crippen molar-refractivity contribution in [1.82, 2.24) is 9.80 Å². The summed E-state index contributed by atoms with van der Waals surface area (Å²) in [4.78, 5) is 44.5. The number of fused-ring (bicyclic) bond motifs is 3. The number of carbonyl (C=O) groups is 3. The molecule has 1 atom stereocenters. The van der Waals surface area contributed by atoms with Gasteiger partial charge < -0.3 is 24.9 Å². The Bertz CT molecular complexity index is 803. The van der Waals surface area contributed by atoms with Gasteiger partial charge in [-0.05, 0) is 31.0 Å². The number of amides is 3. The lowest BCUT2D eigenvalue weighted by Gasteiger charge is -2.33. The van der Waals surface area contributed by atoms with Gasteiger partial charge in [0.05, 0.1) is 51.1 Å². The first-order valence-electron chi connectivity index (χ1n) is 10.00. The number of quaternary nitrogens is 1. The van der Waals surface area contributed by atoms with Crippen LogP contribution < -0.4 is 15.1 Å². The standard InChI is InChI=1S/C20H27N5O3/c1-22-8-10-24(11-9-22)18(26)13-23(2)20(28)14-5-6-16-15(12-14)21-19(27)17-4-3-7-25(16)17/h5-6,12,17H,3-4,7-11,13H2,1-2H3,(H,21,27)/p+1/t17-/m0/s1. The fourth-order valence-electron chi connectivity index (χ4n) is 4.30. The van der Waals surface area contributed by atoms with Crippen LogP contribution in [0.2, 0.25) is 0 Å². The molecule has 2 N–H and O–H groups in total. The molecule has 28 heavy (non-hydrogen) atoms. The van der Waals surface area contributed by atoms with Gasteiger partial charge in [-0.1, -0.05) is 0 Å². The first kappa shape index (κ1) is 18.7. The third-order valence-electron chi connectivity index (χ3n) is 6.06. The van der Waals surface area contributed by atoms with Gasteiger partial charge >= 0.3 is 0 Å². The van der Waals surface area contributed by atoms with E-state index in [9.17, 15) is 14.4 Å². The fourth-order valence-corrected chi connectivity index (χ4v) is 4.30. The molecule has 3 aliphatic heterocycles. The van der Waals surface area contributed by atoms with Crippen LogP contribution in [0.1, 0.15) is 23.2 Å². The van der Waals surface area contributed by atoms with Gasteiger partial charge in [-0.15, -0.1) is 0 Å². The van der Waals surface area contributed by atoms with Crippen LogP contribution in [0, 0.1) is 0 Å². The summed E-state index contributed by atoms with van der Waals surface area (Å²) in [5, 5.41) is 2.93. The molecule has 0 unspecified atom stereocenters. The van der Waals surface area contributed by atoms with Crippen molar-refractivity contribution in [1.29, 1.82) is 0 Å². The van der Waals surface area contributed by atoms with Crippen LogP contribution in [0.3, 0.4) is 0 Å². The lowest BCUT2D eigenvalue weighted by molar-refractivity contribution is -0.883. The third kappa shape index (κ3) is 3.44. The average Bonchev–Trinajstić information content (AvgIpc) is 3.18. The second-order valence-electron chi connectivity index (χ2n) is 8.07. The van der Waals surface area contributed by atoms with Crippen LogP contribution in [0.15, 0.2) is 18.2 Å². The van der Waals surface area contributed by atoms with Crippen molar-refractivity contribution in [2.24, 2.45) is 0 Å². The smallest absolute Gasteiger partial charge is 0.254 e. The molecule has 3 aliphatic rings. The number of nitrogens with zero attached hydrogens (tertiary/aromatic N) is 3. The topological polar surface area (TPSA) is 77.4 Å². The molecule has 8 nitrogen and oxygen atoms in total. The van der Waals surface area contributed by atoms with Gasteiger partial charge in [0, 0.05) is 19.2 Å². The molecule has 1 aromatic rings. The van der Waals surface area contributed by atoms with E-state index >= 15 is 0 Å². The van der Waals surface area contributed by atoms with Crippen LogP contribution in [0.25, 0.3) is 0 Å². The number of rotatable bonds is 3. The van der Waals surface area contributed by atoms with Crippen molar-refractivity contribution in [2.75, 3.05) is 63.6 Å². The maximum absolute atomic E-state index is 12.8. The molecule has 2 fully saturated rings. The molecule has 3 heterocycles. The quantitative estimate of drug-likeness (QED) is 0.701. The summed E-state index contributed by atoms with van der Waals surface area (Å²) in [7, 11) is 3.77. The van der Waals surface area contributed by atoms with Crippen LogP contribution in [0.5, 0.6) is 0 Å². The molecular weight excluding hydrogens is 358 g/mol. The number of nitrogens with one attached hydrogen (secondary N) is 2. The number of anilines is 2. The van der Waals surface area contributed by atoms with Crippen molar-refractivity contribution >= 4 is 29.1 Å². The predicted octanol–water partition coefficient (Wildman–Crippen LogP) is -0.964. The lowest BCUT2D eigenvalue weighted by Crippen LogP contribution is -3.12. The normalized spacial score (nSPS) is 21.8. The molecule has 0 aliphatic carbocycles. The van der Waals surface area contributed by atoms with E-state index in [0.29, 0.717) is 11.3 Å². The first-order valence-corrected chi connectivity index (χ1v) is 10.00. The number of hydrogen-bond acceptors (Lipinski definition) is 4. The van der Waals surface area contributed by atoms with E-state index in [2.05, 4.69) is 17.3 Å². The Kier molecular flexibility index (Phi) is 4.97. The molecule has 0 saturated carbocycles. The molecule has 0 bridgehead atoms. The van der Waals surface area contributed by atoms with Gasteiger partial charge in [-0.3, -0.25) is 14.4 Å². The van der Waals surface area contributed by atoms with Gasteiger partial charge in [-0.2, -0.15) is 0 Å². The van der Waals surface area contributed by atoms with E-state index in [0.717, 1.165) is 51.3 Å². The number of piperazine rings is 1. The van der Waals surface area contributed by atoms with Gasteiger partial charge in [0.2, 0.25) is 11.8 Å². The molecular formula is C20H28N5O3+. The van der Waals surface area contributed by atoms with Gasteiger partial charge in [0.1, 0.15) is 6.04 Å². The third-order valence-corrected chi connectivity index (χ3v) is 6.06. The highest BCUT2D eigenvalue weighted by molar-refractivity contribution is 6.06. The Labute approximate surface area is 165 Å². The van der Waals surface area contributed by atoms with Crippen molar-refractivity contribution in [3.63, 3.8) is 0 Å². The Morgan fingerprint density at radius 3 is 2.75 bits per heavy atom. The maximum atomic E-state index is 12.8. The van der Waals surface area contributed by atoms with Crippen LogP contribution >= 0.6 is 0 Å². The number of benzene rings is 1. The van der Waals surface area contributed by atoms with Gasteiger partial charge in [-0.25, -0.2) is 0 Å². The van der Waals surface area contributed by atoms with Crippen molar-refractivity contribution < 1.29 is 19.3 Å². The SMILES string of the molecule is CN(CC(=O)N1CC[NH+](C)CC1)C(=O)c1ccc2c(c1)NC(=O)[C@@H]1CCCN21. The van der Waals surface area contributed by atoms with Gasteiger partial charge in [0.15, 0.2) is 0 Å². The Morgan fingerprint density at radius 2 is 2.00 bits per heavy atom. The van der Waals surface area contributed by atoms with Crippen molar-refractivity contribution in [2.45, 2.75) is 18.9 Å². The lowest BCUT2D eigenvalue weighted by atomic mass is 10.1. The minimum atomic E-state index is -0.214. The first-order chi connectivity index (χ1) is 13.4. The second kappa shape index (κ2) is 7.43. The number of likely N-dealkylation sites (N-methyl/N-ethyl adjacent to an activating group) is 2. The Morgan fingerprint density at radius 1 is 1.25 bits per heavy atom. The number of carbonyl (C=O) groups excluding carboxylic acids is 3. The van der Waals surface area contributed by atoms with Crippen LogP contribution in [0.4, 0.5) is 11.4 Å². The summed E-state index contributed by atoms with van der Waals surface area (Å²) in [6.07, 6.45) is 1.86. The summed E-state index contributed by atoms with van der Waals surface area (Å²) in [6, 6.07) is 5.32. The summed E-state index contributed by atoms with van der Waals surface area (Å²) in [5.41, 5.74) is 2.13. The second-order valence-corrected chi connectivity index (χ2v) is 8.07. The largest absolute Gasteiger partial charge is 0.358 e. The van der Waals surface area contributed by atoms with E-state index in [1.54, 1.807) is 19.2 Å². The van der Waals surface area contributed by atoms with Gasteiger partial charge in [0.25, 0.3) is 5.91 Å². The highest BCUT2D eigenvalue weighted by Gasteiger charge is 2.36. The Balaban J connectivity index is 1.44. The molecule has 0 radical (unpaired) electrons. The molecule has 0 spiro atoms. The van der Waals surface area contributed by atoms with E-state index in [-0.39, 0.29) is 30.3 Å². The zero-order valence-electron chi connectivity index (χ0n) is 16.5. The van der Waals surface area contributed by atoms with Crippen LogP contribution in [-0.2, 0) is 9.59 Å². The summed E-state index contributed by atoms with van der Waals surface area (Å²) >= 11 is 0. The van der Waals surface area contributed by atoms with Crippen molar-refractivity contribution in [3.05, 3.63) is 23.8 Å². The maximum Gasteiger partial charge on any atom is 0.254 e.